The molecule has 0 atom stereocenters. The Morgan fingerprint density at radius 3 is 2.54 bits per heavy atom. The first-order chi connectivity index (χ1) is 13.7. The molecule has 1 fully saturated rings. The minimum Gasteiger partial charge on any atom is -0.370 e. The van der Waals surface area contributed by atoms with Gasteiger partial charge in [-0.1, -0.05) is 37.3 Å². The predicted molar refractivity (Wildman–Crippen MR) is 120 cm³/mol. The van der Waals surface area contributed by atoms with Crippen molar-refractivity contribution in [3.05, 3.63) is 60.2 Å². The van der Waals surface area contributed by atoms with Crippen LogP contribution in [0.3, 0.4) is 0 Å². The molecule has 1 aliphatic rings. The highest BCUT2D eigenvalue weighted by atomic mass is 15.3. The summed E-state index contributed by atoms with van der Waals surface area (Å²) in [6, 6.07) is 19.0. The molecule has 0 unspecified atom stereocenters. The summed E-state index contributed by atoms with van der Waals surface area (Å²) < 4.78 is 0. The Balaban J connectivity index is 1.31. The monoisotopic (exact) mass is 379 g/mol. The highest BCUT2D eigenvalue weighted by molar-refractivity contribution is 5.92. The Morgan fingerprint density at radius 2 is 1.79 bits per heavy atom. The van der Waals surface area contributed by atoms with Gasteiger partial charge in [-0.25, -0.2) is 0 Å². The highest BCUT2D eigenvalue weighted by Gasteiger charge is 2.16. The third-order valence-corrected chi connectivity index (χ3v) is 5.27. The minimum absolute atomic E-state index is 0.504. The molecule has 150 valence electrons. The zero-order valence-corrected chi connectivity index (χ0v) is 17.0. The van der Waals surface area contributed by atoms with Gasteiger partial charge < -0.3 is 16.0 Å². The average molecular weight is 380 g/mol. The molecule has 5 nitrogen and oxygen atoms in total. The van der Waals surface area contributed by atoms with Gasteiger partial charge in [-0.3, -0.25) is 9.89 Å². The van der Waals surface area contributed by atoms with E-state index in [1.807, 2.05) is 12.1 Å². The largest absolute Gasteiger partial charge is 0.370 e. The van der Waals surface area contributed by atoms with E-state index in [1.54, 1.807) is 0 Å². The maximum Gasteiger partial charge on any atom is 0.193 e. The van der Waals surface area contributed by atoms with Crippen LogP contribution in [-0.2, 0) is 6.42 Å². The van der Waals surface area contributed by atoms with E-state index in [9.17, 15) is 0 Å². The van der Waals surface area contributed by atoms with Crippen molar-refractivity contribution in [1.82, 2.24) is 4.90 Å². The van der Waals surface area contributed by atoms with Gasteiger partial charge in [0.15, 0.2) is 5.96 Å². The Hall–Kier alpha value is -2.53. The molecular formula is C23H33N5. The minimum atomic E-state index is 0.504. The second kappa shape index (κ2) is 10.7. The summed E-state index contributed by atoms with van der Waals surface area (Å²) >= 11 is 0. The number of nitrogens with two attached hydrogens (primary N) is 1. The first-order valence-electron chi connectivity index (χ1n) is 10.4. The summed E-state index contributed by atoms with van der Waals surface area (Å²) in [6.07, 6.45) is 3.25. The smallest absolute Gasteiger partial charge is 0.193 e. The van der Waals surface area contributed by atoms with E-state index in [-0.39, 0.29) is 0 Å². The lowest BCUT2D eigenvalue weighted by Crippen LogP contribution is -2.46. The summed E-state index contributed by atoms with van der Waals surface area (Å²) in [6.45, 7) is 8.55. The third kappa shape index (κ3) is 6.27. The fourth-order valence-electron chi connectivity index (χ4n) is 3.57. The standard InChI is InChI=1S/C23H33N5/c1-2-20-9-8-10-21(19-20)26-23(24)25-13-6-7-14-27-15-17-28(18-16-27)22-11-4-3-5-12-22/h3-5,8-12,19H,2,6-7,13-18H2,1H3,(H3,24,25,26). The van der Waals surface area contributed by atoms with E-state index in [2.05, 4.69) is 69.5 Å². The van der Waals surface area contributed by atoms with Crippen LogP contribution in [0.4, 0.5) is 11.4 Å². The maximum absolute atomic E-state index is 6.02. The van der Waals surface area contributed by atoms with Crippen molar-refractivity contribution >= 4 is 17.3 Å². The van der Waals surface area contributed by atoms with Gasteiger partial charge in [0, 0.05) is 44.1 Å². The van der Waals surface area contributed by atoms with Gasteiger partial charge in [0.25, 0.3) is 0 Å². The number of unbranched alkanes of at least 4 members (excludes halogenated alkanes) is 1. The zero-order valence-electron chi connectivity index (χ0n) is 17.0. The second-order valence-corrected chi connectivity index (χ2v) is 7.32. The number of nitrogens with zero attached hydrogens (tertiary/aromatic N) is 3. The summed E-state index contributed by atoms with van der Waals surface area (Å²) in [5, 5.41) is 3.19. The molecule has 1 heterocycles. The fraction of sp³-hybridized carbons (Fsp3) is 0.435. The topological polar surface area (TPSA) is 56.9 Å². The Kier molecular flexibility index (Phi) is 7.73. The SMILES string of the molecule is CCc1cccc(NC(N)=NCCCCN2CCN(c3ccccc3)CC2)c1. The van der Waals surface area contributed by atoms with Gasteiger partial charge in [0.2, 0.25) is 0 Å². The maximum atomic E-state index is 6.02. The average Bonchev–Trinajstić information content (AvgIpc) is 2.74. The lowest BCUT2D eigenvalue weighted by atomic mass is 10.1. The van der Waals surface area contributed by atoms with Crippen LogP contribution in [0.5, 0.6) is 0 Å². The number of para-hydroxylation sites is 1. The predicted octanol–water partition coefficient (Wildman–Crippen LogP) is 3.58. The van der Waals surface area contributed by atoms with Crippen molar-refractivity contribution in [1.29, 1.82) is 0 Å². The van der Waals surface area contributed by atoms with Gasteiger partial charge in [0.1, 0.15) is 0 Å². The number of benzene rings is 2. The van der Waals surface area contributed by atoms with Gasteiger partial charge in [-0.15, -0.1) is 0 Å². The number of hydrogen-bond acceptors (Lipinski definition) is 3. The van der Waals surface area contributed by atoms with E-state index >= 15 is 0 Å². The number of aryl methyl sites for hydroxylation is 1. The molecule has 0 aromatic heterocycles. The van der Waals surface area contributed by atoms with Crippen molar-refractivity contribution in [3.63, 3.8) is 0 Å². The molecule has 1 aliphatic heterocycles. The molecule has 3 N–H and O–H groups in total. The molecule has 0 aliphatic carbocycles. The first-order valence-corrected chi connectivity index (χ1v) is 10.4. The molecule has 0 spiro atoms. The summed E-state index contributed by atoms with van der Waals surface area (Å²) in [5.74, 6) is 0.504. The number of aliphatic imine (C=N–C) groups is 1. The number of hydrogen-bond donors (Lipinski definition) is 2. The zero-order chi connectivity index (χ0) is 19.6. The van der Waals surface area contributed by atoms with Crippen molar-refractivity contribution in [2.75, 3.05) is 49.5 Å². The number of guanidine groups is 1. The van der Waals surface area contributed by atoms with Crippen molar-refractivity contribution in [3.8, 4) is 0 Å². The quantitative estimate of drug-likeness (QED) is 0.418. The molecule has 28 heavy (non-hydrogen) atoms. The van der Waals surface area contributed by atoms with Crippen molar-refractivity contribution < 1.29 is 0 Å². The van der Waals surface area contributed by atoms with Crippen LogP contribution in [0.1, 0.15) is 25.3 Å². The molecule has 2 aromatic rings. The van der Waals surface area contributed by atoms with Crippen LogP contribution in [0.15, 0.2) is 59.6 Å². The third-order valence-electron chi connectivity index (χ3n) is 5.27. The second-order valence-electron chi connectivity index (χ2n) is 7.32. The van der Waals surface area contributed by atoms with Gasteiger partial charge in [-0.05, 0) is 55.6 Å². The Labute approximate surface area is 169 Å². The van der Waals surface area contributed by atoms with Crippen LogP contribution in [-0.4, -0.2) is 50.1 Å². The number of piperazine rings is 1. The number of rotatable bonds is 8. The van der Waals surface area contributed by atoms with Crippen LogP contribution < -0.4 is 16.0 Å². The van der Waals surface area contributed by atoms with Crippen molar-refractivity contribution in [2.24, 2.45) is 10.7 Å². The van der Waals surface area contributed by atoms with Crippen LogP contribution in [0.2, 0.25) is 0 Å². The molecule has 5 heteroatoms. The Bertz CT molecular complexity index is 736. The van der Waals surface area contributed by atoms with E-state index in [0.29, 0.717) is 5.96 Å². The van der Waals surface area contributed by atoms with Crippen molar-refractivity contribution in [2.45, 2.75) is 26.2 Å². The van der Waals surface area contributed by atoms with Crippen LogP contribution >= 0.6 is 0 Å². The summed E-state index contributed by atoms with van der Waals surface area (Å²) in [5.41, 5.74) is 9.66. The molecule has 3 rings (SSSR count). The lowest BCUT2D eigenvalue weighted by molar-refractivity contribution is 0.253. The van der Waals surface area contributed by atoms with E-state index in [4.69, 9.17) is 5.73 Å². The molecule has 0 amide bonds. The molecule has 0 bridgehead atoms. The summed E-state index contributed by atoms with van der Waals surface area (Å²) in [4.78, 5) is 9.50. The first kappa shape index (κ1) is 20.2. The van der Waals surface area contributed by atoms with Crippen LogP contribution in [0.25, 0.3) is 0 Å². The van der Waals surface area contributed by atoms with Gasteiger partial charge >= 0.3 is 0 Å². The van der Waals surface area contributed by atoms with Gasteiger partial charge in [0.05, 0.1) is 0 Å². The number of anilines is 2. The molecular weight excluding hydrogens is 346 g/mol. The number of nitrogens with one attached hydrogen (secondary N) is 1. The van der Waals surface area contributed by atoms with E-state index < -0.39 is 0 Å². The normalized spacial score (nSPS) is 15.6. The molecule has 1 saturated heterocycles. The fourth-order valence-corrected chi connectivity index (χ4v) is 3.57. The van der Waals surface area contributed by atoms with Crippen LogP contribution in [0, 0.1) is 0 Å². The molecule has 0 saturated carbocycles. The van der Waals surface area contributed by atoms with E-state index in [0.717, 1.165) is 64.2 Å². The Morgan fingerprint density at radius 1 is 1.00 bits per heavy atom. The van der Waals surface area contributed by atoms with Gasteiger partial charge in [-0.2, -0.15) is 0 Å². The summed E-state index contributed by atoms with van der Waals surface area (Å²) in [7, 11) is 0. The molecule has 2 aromatic carbocycles. The molecule has 0 radical (unpaired) electrons. The van der Waals surface area contributed by atoms with E-state index in [1.165, 1.54) is 11.3 Å². The lowest BCUT2D eigenvalue weighted by Gasteiger charge is -2.36. The highest BCUT2D eigenvalue weighted by Crippen LogP contribution is 2.15.